The van der Waals surface area contributed by atoms with Crippen LogP contribution in [0.2, 0.25) is 0 Å². The molecule has 5 nitrogen and oxygen atoms in total. The lowest BCUT2D eigenvalue weighted by molar-refractivity contribution is 0.585. The Labute approximate surface area is 122 Å². The number of sulfonamides is 1. The van der Waals surface area contributed by atoms with Gasteiger partial charge in [0.25, 0.3) is 10.0 Å². The molecule has 0 saturated carbocycles. The van der Waals surface area contributed by atoms with E-state index in [4.69, 9.17) is 0 Å². The first-order valence-corrected chi connectivity index (χ1v) is 7.80. The highest BCUT2D eigenvalue weighted by Crippen LogP contribution is 2.18. The van der Waals surface area contributed by atoms with E-state index < -0.39 is 10.0 Å². The minimum Gasteiger partial charge on any atom is -0.360 e. The third-order valence-electron chi connectivity index (χ3n) is 3.03. The fourth-order valence-electron chi connectivity index (χ4n) is 1.98. The number of hydrogen-bond acceptors (Lipinski definition) is 3. The summed E-state index contributed by atoms with van der Waals surface area (Å²) in [5.41, 5.74) is 0.719. The smallest absolute Gasteiger partial charge is 0.276 e. The molecule has 1 aromatic heterocycles. The van der Waals surface area contributed by atoms with Gasteiger partial charge in [-0.1, -0.05) is 30.3 Å². The third-order valence-corrected chi connectivity index (χ3v) is 4.25. The van der Waals surface area contributed by atoms with Crippen LogP contribution in [-0.4, -0.2) is 19.6 Å². The van der Waals surface area contributed by atoms with E-state index in [1.165, 1.54) is 6.21 Å². The van der Waals surface area contributed by atoms with Gasteiger partial charge in [-0.15, -0.1) is 0 Å². The molecule has 0 atom stereocenters. The zero-order chi connectivity index (χ0) is 14.7. The molecule has 0 aliphatic rings. The number of nitrogens with zero attached hydrogens (tertiary/aromatic N) is 1. The summed E-state index contributed by atoms with van der Waals surface area (Å²) in [6.45, 7) is 0. The second-order valence-corrected chi connectivity index (χ2v) is 6.15. The average Bonchev–Trinajstić information content (AvgIpc) is 3.00. The molecule has 1 heterocycles. The summed E-state index contributed by atoms with van der Waals surface area (Å²) in [5, 5.41) is 5.61. The quantitative estimate of drug-likeness (QED) is 0.573. The molecule has 0 aliphatic carbocycles. The molecule has 0 unspecified atom stereocenters. The molecule has 0 fully saturated rings. The second kappa shape index (κ2) is 5.41. The van der Waals surface area contributed by atoms with Crippen molar-refractivity contribution in [1.82, 2.24) is 9.82 Å². The molecular weight excluding hydrogens is 286 g/mol. The highest BCUT2D eigenvalue weighted by molar-refractivity contribution is 7.89. The van der Waals surface area contributed by atoms with Gasteiger partial charge in [-0.3, -0.25) is 0 Å². The molecule has 3 aromatic rings. The number of aromatic amines is 1. The Morgan fingerprint density at radius 1 is 1.00 bits per heavy atom. The maximum atomic E-state index is 12.2. The maximum absolute atomic E-state index is 12.2. The summed E-state index contributed by atoms with van der Waals surface area (Å²) in [5.74, 6) is 0. The first-order valence-electron chi connectivity index (χ1n) is 6.32. The van der Waals surface area contributed by atoms with Crippen molar-refractivity contribution in [3.05, 3.63) is 66.5 Å². The van der Waals surface area contributed by atoms with Crippen molar-refractivity contribution in [2.45, 2.75) is 4.90 Å². The zero-order valence-corrected chi connectivity index (χ0v) is 11.8. The minimum absolute atomic E-state index is 0.185. The lowest BCUT2D eigenvalue weighted by atomic mass is 10.1. The number of nitrogens with one attached hydrogen (secondary N) is 2. The van der Waals surface area contributed by atoms with Gasteiger partial charge in [0.15, 0.2) is 0 Å². The number of H-pyrrole nitrogens is 1. The second-order valence-electron chi connectivity index (χ2n) is 4.49. The van der Waals surface area contributed by atoms with Gasteiger partial charge in [-0.2, -0.15) is 13.5 Å². The Morgan fingerprint density at radius 3 is 2.57 bits per heavy atom. The van der Waals surface area contributed by atoms with E-state index in [9.17, 15) is 8.42 Å². The molecule has 0 aliphatic heterocycles. The van der Waals surface area contributed by atoms with Gasteiger partial charge in [-0.25, -0.2) is 4.83 Å². The van der Waals surface area contributed by atoms with E-state index in [-0.39, 0.29) is 4.90 Å². The summed E-state index contributed by atoms with van der Waals surface area (Å²) in [6, 6.07) is 16.1. The molecule has 2 aromatic carbocycles. The van der Waals surface area contributed by atoms with Crippen LogP contribution < -0.4 is 4.83 Å². The molecule has 0 radical (unpaired) electrons. The van der Waals surface area contributed by atoms with Crippen molar-refractivity contribution in [3.63, 3.8) is 0 Å². The summed E-state index contributed by atoms with van der Waals surface area (Å²) >= 11 is 0. The topological polar surface area (TPSA) is 74.3 Å². The summed E-state index contributed by atoms with van der Waals surface area (Å²) < 4.78 is 24.3. The minimum atomic E-state index is -3.67. The Balaban J connectivity index is 1.86. The van der Waals surface area contributed by atoms with Gasteiger partial charge in [0, 0.05) is 6.20 Å². The Kier molecular flexibility index (Phi) is 3.45. The standard InChI is InChI=1S/C15H13N3O2S/c19-21(20,18-17-11-14-6-3-9-16-14)15-8-7-12-4-1-2-5-13(12)10-15/h1-11,16,18H/b17-11-. The zero-order valence-electron chi connectivity index (χ0n) is 11.0. The molecule has 6 heteroatoms. The maximum Gasteiger partial charge on any atom is 0.276 e. The molecule has 0 amide bonds. The van der Waals surface area contributed by atoms with Crippen LogP contribution in [-0.2, 0) is 10.0 Å². The predicted octanol–water partition coefficient (Wildman–Crippen LogP) is 2.48. The van der Waals surface area contributed by atoms with E-state index in [1.807, 2.05) is 24.3 Å². The van der Waals surface area contributed by atoms with E-state index in [1.54, 1.807) is 36.5 Å². The lowest BCUT2D eigenvalue weighted by Crippen LogP contribution is -2.18. The number of rotatable bonds is 4. The highest BCUT2D eigenvalue weighted by atomic mass is 32.2. The van der Waals surface area contributed by atoms with Crippen LogP contribution in [0.1, 0.15) is 5.69 Å². The Hall–Kier alpha value is -2.60. The molecule has 0 saturated heterocycles. The van der Waals surface area contributed by atoms with Crippen molar-refractivity contribution in [2.75, 3.05) is 0 Å². The van der Waals surface area contributed by atoms with E-state index in [2.05, 4.69) is 14.9 Å². The number of fused-ring (bicyclic) bond motifs is 1. The largest absolute Gasteiger partial charge is 0.360 e. The fourth-order valence-corrected chi connectivity index (χ4v) is 2.80. The fraction of sp³-hybridized carbons (Fsp3) is 0. The molecular formula is C15H13N3O2S. The van der Waals surface area contributed by atoms with Crippen molar-refractivity contribution in [2.24, 2.45) is 5.10 Å². The monoisotopic (exact) mass is 299 g/mol. The SMILES string of the molecule is O=S(=O)(N/N=C\c1ccc[nH]1)c1ccc2ccccc2c1. The molecule has 0 bridgehead atoms. The first kappa shape index (κ1) is 13.4. The van der Waals surface area contributed by atoms with Crippen LogP contribution in [0.15, 0.2) is 70.8 Å². The molecule has 106 valence electrons. The van der Waals surface area contributed by atoms with Gasteiger partial charge in [0.2, 0.25) is 0 Å². The highest BCUT2D eigenvalue weighted by Gasteiger charge is 2.12. The predicted molar refractivity (Wildman–Crippen MR) is 82.7 cm³/mol. The van der Waals surface area contributed by atoms with Crippen LogP contribution in [0.5, 0.6) is 0 Å². The van der Waals surface area contributed by atoms with Gasteiger partial charge >= 0.3 is 0 Å². The van der Waals surface area contributed by atoms with Crippen LogP contribution in [0.25, 0.3) is 10.8 Å². The summed E-state index contributed by atoms with van der Waals surface area (Å²) in [6.07, 6.45) is 3.15. The Morgan fingerprint density at radius 2 is 1.81 bits per heavy atom. The van der Waals surface area contributed by atoms with Gasteiger partial charge in [0.05, 0.1) is 16.8 Å². The molecule has 21 heavy (non-hydrogen) atoms. The van der Waals surface area contributed by atoms with Gasteiger partial charge in [0.1, 0.15) is 0 Å². The van der Waals surface area contributed by atoms with Crippen molar-refractivity contribution >= 4 is 27.0 Å². The van der Waals surface area contributed by atoms with Crippen LogP contribution in [0, 0.1) is 0 Å². The van der Waals surface area contributed by atoms with E-state index in [0.29, 0.717) is 0 Å². The van der Waals surface area contributed by atoms with Crippen LogP contribution >= 0.6 is 0 Å². The van der Waals surface area contributed by atoms with Crippen LogP contribution in [0.3, 0.4) is 0 Å². The number of benzene rings is 2. The third kappa shape index (κ3) is 2.95. The van der Waals surface area contributed by atoms with Gasteiger partial charge < -0.3 is 4.98 Å². The number of aromatic nitrogens is 1. The lowest BCUT2D eigenvalue weighted by Gasteiger charge is -2.04. The van der Waals surface area contributed by atoms with Crippen molar-refractivity contribution in [3.8, 4) is 0 Å². The van der Waals surface area contributed by atoms with E-state index in [0.717, 1.165) is 16.5 Å². The first-order chi connectivity index (χ1) is 10.1. The normalized spacial score (nSPS) is 12.0. The van der Waals surface area contributed by atoms with E-state index >= 15 is 0 Å². The van der Waals surface area contributed by atoms with Gasteiger partial charge in [-0.05, 0) is 35.0 Å². The summed E-state index contributed by atoms with van der Waals surface area (Å²) in [7, 11) is -3.67. The Bertz CT molecular complexity index is 884. The van der Waals surface area contributed by atoms with Crippen molar-refractivity contribution in [1.29, 1.82) is 0 Å². The molecule has 3 rings (SSSR count). The molecule has 2 N–H and O–H groups in total. The average molecular weight is 299 g/mol. The van der Waals surface area contributed by atoms with Crippen molar-refractivity contribution < 1.29 is 8.42 Å². The summed E-state index contributed by atoms with van der Waals surface area (Å²) in [4.78, 5) is 5.29. The number of hydrogen-bond donors (Lipinski definition) is 2. The van der Waals surface area contributed by atoms with Crippen LogP contribution in [0.4, 0.5) is 0 Å². The molecule has 0 spiro atoms. The number of hydrazone groups is 1.